The number of rotatable bonds is 4. The molecule has 6 nitrogen and oxygen atoms in total. The van der Waals surface area contributed by atoms with Crippen LogP contribution in [0, 0.1) is 0 Å². The van der Waals surface area contributed by atoms with E-state index in [2.05, 4.69) is 20.6 Å². The second-order valence-corrected chi connectivity index (χ2v) is 4.16. The van der Waals surface area contributed by atoms with Gasteiger partial charge < -0.3 is 15.4 Å². The molecule has 2 amide bonds. The lowest BCUT2D eigenvalue weighted by atomic mass is 10.2. The number of hydrogen-bond donors (Lipinski definition) is 2. The van der Waals surface area contributed by atoms with Crippen LogP contribution in [-0.4, -0.2) is 23.1 Å². The van der Waals surface area contributed by atoms with Crippen LogP contribution in [0.4, 0.5) is 10.5 Å². The van der Waals surface area contributed by atoms with Gasteiger partial charge in [-0.25, -0.2) is 9.78 Å². The summed E-state index contributed by atoms with van der Waals surface area (Å²) in [7, 11) is 1.54. The first-order valence-corrected chi connectivity index (χ1v) is 6.17. The maximum absolute atomic E-state index is 11.8. The highest BCUT2D eigenvalue weighted by molar-refractivity contribution is 5.89. The van der Waals surface area contributed by atoms with Crippen molar-refractivity contribution < 1.29 is 9.53 Å². The fraction of sp³-hybridized carbons (Fsp3) is 0.214. The monoisotopic (exact) mass is 272 g/mol. The van der Waals surface area contributed by atoms with Gasteiger partial charge in [-0.15, -0.1) is 0 Å². The molecule has 0 aromatic carbocycles. The lowest BCUT2D eigenvalue weighted by Crippen LogP contribution is -2.31. The molecule has 0 bridgehead atoms. The van der Waals surface area contributed by atoms with Crippen LogP contribution in [0.25, 0.3) is 0 Å². The molecule has 104 valence electrons. The zero-order chi connectivity index (χ0) is 14.4. The quantitative estimate of drug-likeness (QED) is 0.895. The maximum Gasteiger partial charge on any atom is 0.319 e. The molecule has 2 aromatic heterocycles. The molecule has 20 heavy (non-hydrogen) atoms. The predicted octanol–water partition coefficient (Wildman–Crippen LogP) is 2.37. The van der Waals surface area contributed by atoms with Crippen molar-refractivity contribution in [1.29, 1.82) is 0 Å². The molecular weight excluding hydrogens is 256 g/mol. The highest BCUT2D eigenvalue weighted by Gasteiger charge is 2.10. The van der Waals surface area contributed by atoms with Crippen LogP contribution in [0.5, 0.6) is 5.88 Å². The third-order valence-electron chi connectivity index (χ3n) is 2.68. The molecule has 0 saturated heterocycles. The number of amides is 2. The number of ether oxygens (including phenoxy) is 1. The Balaban J connectivity index is 1.91. The number of carbonyl (C=O) groups excluding carboxylic acids is 1. The van der Waals surface area contributed by atoms with Gasteiger partial charge in [0.2, 0.25) is 5.88 Å². The first-order valence-electron chi connectivity index (χ1n) is 6.17. The van der Waals surface area contributed by atoms with E-state index in [1.165, 1.54) is 13.3 Å². The van der Waals surface area contributed by atoms with E-state index in [1.54, 1.807) is 18.3 Å². The van der Waals surface area contributed by atoms with E-state index in [-0.39, 0.29) is 12.1 Å². The lowest BCUT2D eigenvalue weighted by Gasteiger charge is -2.14. The van der Waals surface area contributed by atoms with Crippen molar-refractivity contribution in [3.05, 3.63) is 48.4 Å². The average molecular weight is 272 g/mol. The Morgan fingerprint density at radius 3 is 2.70 bits per heavy atom. The lowest BCUT2D eigenvalue weighted by molar-refractivity contribution is 0.249. The number of anilines is 1. The summed E-state index contributed by atoms with van der Waals surface area (Å²) in [5.74, 6) is 0.498. The van der Waals surface area contributed by atoms with E-state index in [4.69, 9.17) is 4.74 Å². The summed E-state index contributed by atoms with van der Waals surface area (Å²) in [6.45, 7) is 1.87. The highest BCUT2D eigenvalue weighted by atomic mass is 16.5. The first kappa shape index (κ1) is 13.8. The molecule has 1 unspecified atom stereocenters. The fourth-order valence-electron chi connectivity index (χ4n) is 1.64. The summed E-state index contributed by atoms with van der Waals surface area (Å²) in [5, 5.41) is 5.50. The smallest absolute Gasteiger partial charge is 0.319 e. The third kappa shape index (κ3) is 3.68. The highest BCUT2D eigenvalue weighted by Crippen LogP contribution is 2.12. The number of nitrogens with one attached hydrogen (secondary N) is 2. The van der Waals surface area contributed by atoms with Gasteiger partial charge in [0.15, 0.2) is 0 Å². The van der Waals surface area contributed by atoms with Crippen molar-refractivity contribution >= 4 is 11.7 Å². The minimum absolute atomic E-state index is 0.178. The van der Waals surface area contributed by atoms with E-state index in [9.17, 15) is 4.79 Å². The molecule has 1 atom stereocenters. The molecule has 6 heteroatoms. The van der Waals surface area contributed by atoms with E-state index >= 15 is 0 Å². The minimum Gasteiger partial charge on any atom is -0.481 e. The summed E-state index contributed by atoms with van der Waals surface area (Å²) in [6, 6.07) is 8.48. The van der Waals surface area contributed by atoms with Crippen LogP contribution in [0.3, 0.4) is 0 Å². The third-order valence-corrected chi connectivity index (χ3v) is 2.68. The molecule has 2 N–H and O–H groups in total. The van der Waals surface area contributed by atoms with Crippen molar-refractivity contribution in [2.75, 3.05) is 12.4 Å². The SMILES string of the molecule is COc1ccc(NC(=O)NC(C)c2ccccn2)cn1. The van der Waals surface area contributed by atoms with Crippen LogP contribution in [-0.2, 0) is 0 Å². The number of aromatic nitrogens is 2. The average Bonchev–Trinajstić information content (AvgIpc) is 2.49. The fourth-order valence-corrected chi connectivity index (χ4v) is 1.64. The number of carbonyl (C=O) groups is 1. The molecule has 0 aliphatic heterocycles. The summed E-state index contributed by atoms with van der Waals surface area (Å²) in [6.07, 6.45) is 3.22. The van der Waals surface area contributed by atoms with Crippen LogP contribution < -0.4 is 15.4 Å². The van der Waals surface area contributed by atoms with Gasteiger partial charge in [-0.05, 0) is 25.1 Å². The summed E-state index contributed by atoms with van der Waals surface area (Å²) in [5.41, 5.74) is 1.40. The van der Waals surface area contributed by atoms with E-state index in [0.717, 1.165) is 5.69 Å². The van der Waals surface area contributed by atoms with Gasteiger partial charge in [-0.2, -0.15) is 0 Å². The Labute approximate surface area is 117 Å². The number of pyridine rings is 2. The zero-order valence-corrected chi connectivity index (χ0v) is 11.3. The topological polar surface area (TPSA) is 76.1 Å². The molecule has 0 saturated carbocycles. The molecular formula is C14H16N4O2. The summed E-state index contributed by atoms with van der Waals surface area (Å²) in [4.78, 5) is 20.0. The Bertz CT molecular complexity index is 557. The van der Waals surface area contributed by atoms with Crippen LogP contribution in [0.2, 0.25) is 0 Å². The van der Waals surface area contributed by atoms with Gasteiger partial charge in [0, 0.05) is 12.3 Å². The minimum atomic E-state index is -0.310. The van der Waals surface area contributed by atoms with Gasteiger partial charge in [-0.1, -0.05) is 6.07 Å². The summed E-state index contributed by atoms with van der Waals surface area (Å²) < 4.78 is 4.95. The van der Waals surface area contributed by atoms with Gasteiger partial charge in [-0.3, -0.25) is 4.98 Å². The van der Waals surface area contributed by atoms with Crippen molar-refractivity contribution in [3.63, 3.8) is 0 Å². The van der Waals surface area contributed by atoms with Gasteiger partial charge in [0.25, 0.3) is 0 Å². The molecule has 0 aliphatic carbocycles. The van der Waals surface area contributed by atoms with Crippen LogP contribution in [0.15, 0.2) is 42.7 Å². The van der Waals surface area contributed by atoms with E-state index in [0.29, 0.717) is 11.6 Å². The predicted molar refractivity (Wildman–Crippen MR) is 75.6 cm³/mol. The van der Waals surface area contributed by atoms with Crippen molar-refractivity contribution in [1.82, 2.24) is 15.3 Å². The van der Waals surface area contributed by atoms with E-state index in [1.807, 2.05) is 25.1 Å². The number of hydrogen-bond acceptors (Lipinski definition) is 4. The molecule has 0 aliphatic rings. The molecule has 0 fully saturated rings. The first-order chi connectivity index (χ1) is 9.69. The maximum atomic E-state index is 11.8. The zero-order valence-electron chi connectivity index (χ0n) is 11.3. The van der Waals surface area contributed by atoms with Crippen molar-refractivity contribution in [2.45, 2.75) is 13.0 Å². The van der Waals surface area contributed by atoms with Gasteiger partial charge in [0.1, 0.15) is 0 Å². The van der Waals surface area contributed by atoms with E-state index < -0.39 is 0 Å². The number of methoxy groups -OCH3 is 1. The molecule has 2 heterocycles. The molecule has 2 aromatic rings. The molecule has 0 spiro atoms. The Kier molecular flexibility index (Phi) is 4.49. The second-order valence-electron chi connectivity index (χ2n) is 4.16. The largest absolute Gasteiger partial charge is 0.481 e. The van der Waals surface area contributed by atoms with Gasteiger partial charge >= 0.3 is 6.03 Å². The number of nitrogens with zero attached hydrogens (tertiary/aromatic N) is 2. The Morgan fingerprint density at radius 1 is 1.25 bits per heavy atom. The summed E-state index contributed by atoms with van der Waals surface area (Å²) >= 11 is 0. The van der Waals surface area contributed by atoms with Crippen molar-refractivity contribution in [3.8, 4) is 5.88 Å². The Hall–Kier alpha value is -2.63. The van der Waals surface area contributed by atoms with Crippen LogP contribution in [0.1, 0.15) is 18.7 Å². The Morgan fingerprint density at radius 2 is 2.10 bits per heavy atom. The standard InChI is InChI=1S/C14H16N4O2/c1-10(12-5-3-4-8-15-12)17-14(19)18-11-6-7-13(20-2)16-9-11/h3-10H,1-2H3,(H2,17,18,19). The molecule has 2 rings (SSSR count). The number of urea groups is 1. The van der Waals surface area contributed by atoms with Crippen molar-refractivity contribution in [2.24, 2.45) is 0 Å². The molecule has 0 radical (unpaired) electrons. The van der Waals surface area contributed by atoms with Gasteiger partial charge in [0.05, 0.1) is 30.7 Å². The van der Waals surface area contributed by atoms with Crippen LogP contribution >= 0.6 is 0 Å². The second kappa shape index (κ2) is 6.51. The normalized spacial score (nSPS) is 11.5.